The molecule has 0 bridgehead atoms. The van der Waals surface area contributed by atoms with E-state index in [-0.39, 0.29) is 18.1 Å². The van der Waals surface area contributed by atoms with Crippen LogP contribution in [0.5, 0.6) is 0 Å². The molecule has 2 atom stereocenters. The van der Waals surface area contributed by atoms with Gasteiger partial charge in [-0.3, -0.25) is 14.7 Å². The van der Waals surface area contributed by atoms with Gasteiger partial charge in [0, 0.05) is 44.0 Å². The molecule has 2 aromatic heterocycles. The van der Waals surface area contributed by atoms with Crippen LogP contribution in [-0.4, -0.2) is 59.1 Å². The van der Waals surface area contributed by atoms with Gasteiger partial charge in [0.2, 0.25) is 0 Å². The lowest BCUT2D eigenvalue weighted by Gasteiger charge is -2.47. The van der Waals surface area contributed by atoms with Crippen molar-refractivity contribution in [3.8, 4) is 0 Å². The lowest BCUT2D eigenvalue weighted by atomic mass is 9.97. The van der Waals surface area contributed by atoms with E-state index in [9.17, 15) is 4.79 Å². The number of amides is 1. The van der Waals surface area contributed by atoms with Gasteiger partial charge in [-0.2, -0.15) is 11.3 Å². The van der Waals surface area contributed by atoms with Gasteiger partial charge < -0.3 is 9.64 Å². The first-order chi connectivity index (χ1) is 11.8. The van der Waals surface area contributed by atoms with Gasteiger partial charge in [-0.1, -0.05) is 6.07 Å². The Morgan fingerprint density at radius 1 is 1.38 bits per heavy atom. The number of aromatic nitrogens is 1. The van der Waals surface area contributed by atoms with Crippen molar-refractivity contribution in [2.24, 2.45) is 0 Å². The number of thiophene rings is 1. The molecular formula is C18H21N3O2S. The predicted octanol–water partition coefficient (Wildman–Crippen LogP) is 2.26. The third-order valence-electron chi connectivity index (χ3n) is 4.86. The van der Waals surface area contributed by atoms with Gasteiger partial charge in [0.15, 0.2) is 0 Å². The number of hydrogen-bond donors (Lipinski definition) is 0. The Balaban J connectivity index is 1.48. The summed E-state index contributed by atoms with van der Waals surface area (Å²) in [6, 6.07) is 6.24. The van der Waals surface area contributed by atoms with Crippen molar-refractivity contribution in [2.75, 3.05) is 26.2 Å². The van der Waals surface area contributed by atoms with Crippen LogP contribution in [0.25, 0.3) is 0 Å². The van der Waals surface area contributed by atoms with E-state index in [1.807, 2.05) is 34.0 Å². The molecule has 0 aromatic carbocycles. The zero-order valence-corrected chi connectivity index (χ0v) is 14.3. The molecule has 2 fully saturated rings. The summed E-state index contributed by atoms with van der Waals surface area (Å²) in [4.78, 5) is 21.3. The molecule has 2 aliphatic rings. The maximum absolute atomic E-state index is 12.7. The molecule has 126 valence electrons. The van der Waals surface area contributed by atoms with Gasteiger partial charge >= 0.3 is 0 Å². The topological polar surface area (TPSA) is 45.7 Å². The fourth-order valence-corrected chi connectivity index (χ4v) is 4.25. The molecule has 6 heteroatoms. The lowest BCUT2D eigenvalue weighted by Crippen LogP contribution is -2.60. The van der Waals surface area contributed by atoms with E-state index >= 15 is 0 Å². The zero-order chi connectivity index (χ0) is 16.4. The molecule has 0 spiro atoms. The molecule has 2 aromatic rings. The molecule has 2 saturated heterocycles. The average Bonchev–Trinajstić information content (AvgIpc) is 3.17. The van der Waals surface area contributed by atoms with E-state index < -0.39 is 0 Å². The summed E-state index contributed by atoms with van der Waals surface area (Å²) in [5.74, 6) is 0.140. The highest BCUT2D eigenvalue weighted by Gasteiger charge is 2.38. The largest absolute Gasteiger partial charge is 0.375 e. The number of morpholine rings is 1. The normalized spacial score (nSPS) is 24.6. The van der Waals surface area contributed by atoms with Crippen LogP contribution in [0.2, 0.25) is 0 Å². The minimum atomic E-state index is 0.140. The third-order valence-corrected chi connectivity index (χ3v) is 5.55. The Kier molecular flexibility index (Phi) is 4.60. The Labute approximate surface area is 145 Å². The highest BCUT2D eigenvalue weighted by Crippen LogP contribution is 2.25. The first kappa shape index (κ1) is 15.7. The second-order valence-corrected chi connectivity index (χ2v) is 7.14. The third kappa shape index (κ3) is 3.22. The van der Waals surface area contributed by atoms with Crippen LogP contribution < -0.4 is 0 Å². The van der Waals surface area contributed by atoms with Crippen LogP contribution in [0, 0.1) is 0 Å². The summed E-state index contributed by atoms with van der Waals surface area (Å²) in [5.41, 5.74) is 2.01. The van der Waals surface area contributed by atoms with Gasteiger partial charge in [0.25, 0.3) is 5.91 Å². The van der Waals surface area contributed by atoms with E-state index in [4.69, 9.17) is 4.74 Å². The van der Waals surface area contributed by atoms with Crippen LogP contribution in [0.3, 0.4) is 0 Å². The van der Waals surface area contributed by atoms with Gasteiger partial charge in [0.05, 0.1) is 24.3 Å². The minimum Gasteiger partial charge on any atom is -0.375 e. The molecule has 5 nitrogen and oxygen atoms in total. The van der Waals surface area contributed by atoms with Crippen LogP contribution in [0.15, 0.2) is 41.4 Å². The van der Waals surface area contributed by atoms with Crippen molar-refractivity contribution in [3.05, 3.63) is 52.5 Å². The number of pyridine rings is 1. The molecule has 4 heterocycles. The minimum absolute atomic E-state index is 0.140. The van der Waals surface area contributed by atoms with Gasteiger partial charge in [0.1, 0.15) is 0 Å². The number of ether oxygens (including phenoxy) is 1. The highest BCUT2D eigenvalue weighted by molar-refractivity contribution is 7.08. The standard InChI is InChI=1S/C18H21N3O2S/c22-18(15-4-9-24-13-15)21-6-3-17-16(12-21)20(7-8-23-17)11-14-2-1-5-19-10-14/h1-2,4-5,9-10,13,16-17H,3,6-8,11-12H2/t16-,17-/m0/s1. The number of hydrogen-bond acceptors (Lipinski definition) is 5. The summed E-state index contributed by atoms with van der Waals surface area (Å²) in [5, 5.41) is 3.89. The SMILES string of the molecule is O=C(c1ccsc1)N1CC[C@@H]2OCCN(Cc3cccnc3)[C@H]2C1. The molecule has 0 unspecified atom stereocenters. The maximum atomic E-state index is 12.7. The first-order valence-electron chi connectivity index (χ1n) is 8.37. The molecule has 2 aliphatic heterocycles. The second kappa shape index (κ2) is 7.01. The van der Waals surface area contributed by atoms with Crippen molar-refractivity contribution in [2.45, 2.75) is 25.1 Å². The Morgan fingerprint density at radius 2 is 2.33 bits per heavy atom. The highest BCUT2D eigenvalue weighted by atomic mass is 32.1. The lowest BCUT2D eigenvalue weighted by molar-refractivity contribution is -0.101. The number of carbonyl (C=O) groups excluding carboxylic acids is 1. The summed E-state index contributed by atoms with van der Waals surface area (Å²) in [6.45, 7) is 4.03. The number of rotatable bonds is 3. The molecule has 1 amide bonds. The average molecular weight is 343 g/mol. The van der Waals surface area contributed by atoms with E-state index in [1.165, 1.54) is 5.56 Å². The van der Waals surface area contributed by atoms with E-state index in [2.05, 4.69) is 16.0 Å². The summed E-state index contributed by atoms with van der Waals surface area (Å²) in [7, 11) is 0. The molecule has 4 rings (SSSR count). The number of fused-ring (bicyclic) bond motifs is 1. The summed E-state index contributed by atoms with van der Waals surface area (Å²) < 4.78 is 5.98. The van der Waals surface area contributed by atoms with Crippen molar-refractivity contribution in [1.82, 2.24) is 14.8 Å². The predicted molar refractivity (Wildman–Crippen MR) is 93.0 cm³/mol. The zero-order valence-electron chi connectivity index (χ0n) is 13.5. The van der Waals surface area contributed by atoms with Crippen LogP contribution in [0.4, 0.5) is 0 Å². The van der Waals surface area contributed by atoms with Crippen molar-refractivity contribution in [3.63, 3.8) is 0 Å². The first-order valence-corrected chi connectivity index (χ1v) is 9.31. The Morgan fingerprint density at radius 3 is 3.12 bits per heavy atom. The van der Waals surface area contributed by atoms with Crippen LogP contribution >= 0.6 is 11.3 Å². The van der Waals surface area contributed by atoms with Crippen LogP contribution in [-0.2, 0) is 11.3 Å². The van der Waals surface area contributed by atoms with E-state index in [1.54, 1.807) is 17.5 Å². The van der Waals surface area contributed by atoms with E-state index in [0.29, 0.717) is 0 Å². The number of nitrogens with zero attached hydrogens (tertiary/aromatic N) is 3. The molecule has 0 aliphatic carbocycles. The number of carbonyl (C=O) groups is 1. The molecule has 0 saturated carbocycles. The summed E-state index contributed by atoms with van der Waals surface area (Å²) >= 11 is 1.57. The van der Waals surface area contributed by atoms with Gasteiger partial charge in [-0.15, -0.1) is 0 Å². The number of piperidine rings is 1. The fourth-order valence-electron chi connectivity index (χ4n) is 3.62. The monoisotopic (exact) mass is 343 g/mol. The van der Waals surface area contributed by atoms with Crippen molar-refractivity contribution in [1.29, 1.82) is 0 Å². The Bertz CT molecular complexity index is 677. The van der Waals surface area contributed by atoms with Gasteiger partial charge in [-0.05, 0) is 29.5 Å². The smallest absolute Gasteiger partial charge is 0.254 e. The van der Waals surface area contributed by atoms with Crippen molar-refractivity contribution >= 4 is 17.2 Å². The molecular weight excluding hydrogens is 322 g/mol. The van der Waals surface area contributed by atoms with Crippen molar-refractivity contribution < 1.29 is 9.53 Å². The second-order valence-electron chi connectivity index (χ2n) is 6.36. The van der Waals surface area contributed by atoms with Gasteiger partial charge in [-0.25, -0.2) is 0 Å². The quantitative estimate of drug-likeness (QED) is 0.858. The van der Waals surface area contributed by atoms with Crippen LogP contribution in [0.1, 0.15) is 22.3 Å². The summed E-state index contributed by atoms with van der Waals surface area (Å²) in [6.07, 6.45) is 4.85. The number of likely N-dealkylation sites (tertiary alicyclic amines) is 1. The molecule has 24 heavy (non-hydrogen) atoms. The molecule has 0 N–H and O–H groups in total. The fraction of sp³-hybridized carbons (Fsp3) is 0.444. The maximum Gasteiger partial charge on any atom is 0.254 e. The molecule has 0 radical (unpaired) electrons. The van der Waals surface area contributed by atoms with E-state index in [0.717, 1.165) is 44.8 Å². The Hall–Kier alpha value is -1.76.